The van der Waals surface area contributed by atoms with Crippen LogP contribution >= 0.6 is 0 Å². The minimum Gasteiger partial charge on any atom is -0.343 e. The highest BCUT2D eigenvalue weighted by molar-refractivity contribution is 6.05. The Bertz CT molecular complexity index is 967. The summed E-state index contributed by atoms with van der Waals surface area (Å²) in [6.07, 6.45) is 9.41. The van der Waals surface area contributed by atoms with Crippen molar-refractivity contribution < 1.29 is 4.79 Å². The van der Waals surface area contributed by atoms with Gasteiger partial charge in [0.2, 0.25) is 5.91 Å². The lowest BCUT2D eigenvalue weighted by Gasteiger charge is -2.29. The first-order chi connectivity index (χ1) is 13.3. The second-order valence-electron chi connectivity index (χ2n) is 8.15. The number of nitrogens with one attached hydrogen (secondary N) is 1. The van der Waals surface area contributed by atoms with Crippen molar-refractivity contribution in [1.82, 2.24) is 4.57 Å². The van der Waals surface area contributed by atoms with Crippen molar-refractivity contribution in [2.24, 2.45) is 5.92 Å². The van der Waals surface area contributed by atoms with E-state index in [1.54, 1.807) is 0 Å². The summed E-state index contributed by atoms with van der Waals surface area (Å²) in [6.45, 7) is 0.867. The molecule has 5 rings (SSSR count). The van der Waals surface area contributed by atoms with E-state index >= 15 is 0 Å². The predicted molar refractivity (Wildman–Crippen MR) is 110 cm³/mol. The zero-order valence-electron chi connectivity index (χ0n) is 15.7. The largest absolute Gasteiger partial charge is 0.343 e. The van der Waals surface area contributed by atoms with Gasteiger partial charge in [0.05, 0.1) is 11.2 Å². The van der Waals surface area contributed by atoms with Crippen LogP contribution in [0.15, 0.2) is 54.7 Å². The van der Waals surface area contributed by atoms with Crippen molar-refractivity contribution in [3.8, 4) is 0 Å². The predicted octanol–water partition coefficient (Wildman–Crippen LogP) is 5.70. The summed E-state index contributed by atoms with van der Waals surface area (Å²) in [5.74, 6) is 1.14. The fourth-order valence-corrected chi connectivity index (χ4v) is 5.15. The van der Waals surface area contributed by atoms with Crippen LogP contribution in [0.1, 0.15) is 55.6 Å². The highest BCUT2D eigenvalue weighted by Gasteiger charge is 2.32. The van der Waals surface area contributed by atoms with Gasteiger partial charge in [0.15, 0.2) is 0 Å². The van der Waals surface area contributed by atoms with E-state index in [1.165, 1.54) is 54.1 Å². The molecule has 3 heteroatoms. The first-order valence-electron chi connectivity index (χ1n) is 10.2. The number of carbonyl (C=O) groups excluding carboxylic acids is 1. The van der Waals surface area contributed by atoms with Crippen molar-refractivity contribution in [2.75, 3.05) is 5.32 Å². The normalized spacial score (nSPS) is 20.4. The fraction of sp³-hybridized carbons (Fsp3) is 0.375. The number of amides is 1. The molecule has 3 aromatic rings. The summed E-state index contributed by atoms with van der Waals surface area (Å²) in [7, 11) is 0. The second-order valence-corrected chi connectivity index (χ2v) is 8.15. The summed E-state index contributed by atoms with van der Waals surface area (Å²) in [6, 6.07) is 16.9. The number of hydrogen-bond donors (Lipinski definition) is 1. The Kier molecular flexibility index (Phi) is 4.23. The molecule has 27 heavy (non-hydrogen) atoms. The molecule has 1 fully saturated rings. The molecule has 1 N–H and O–H groups in total. The summed E-state index contributed by atoms with van der Waals surface area (Å²) >= 11 is 0. The first kappa shape index (κ1) is 16.6. The molecule has 1 aliphatic heterocycles. The number of hydrogen-bond acceptors (Lipinski definition) is 1. The average Bonchev–Trinajstić information content (AvgIpc) is 2.99. The molecule has 1 amide bonds. The third kappa shape index (κ3) is 3.05. The molecule has 2 aromatic carbocycles. The zero-order chi connectivity index (χ0) is 18.2. The molecular weight excluding hydrogens is 332 g/mol. The molecule has 0 bridgehead atoms. The van der Waals surface area contributed by atoms with E-state index < -0.39 is 0 Å². The summed E-state index contributed by atoms with van der Waals surface area (Å²) in [4.78, 5) is 12.6. The molecule has 0 saturated heterocycles. The van der Waals surface area contributed by atoms with E-state index in [4.69, 9.17) is 0 Å². The Labute approximate surface area is 160 Å². The van der Waals surface area contributed by atoms with E-state index in [2.05, 4.69) is 64.6 Å². The van der Waals surface area contributed by atoms with Gasteiger partial charge in [0, 0.05) is 24.5 Å². The van der Waals surface area contributed by atoms with Gasteiger partial charge in [0.25, 0.3) is 0 Å². The van der Waals surface area contributed by atoms with Crippen molar-refractivity contribution in [3.63, 3.8) is 0 Å². The zero-order valence-corrected chi connectivity index (χ0v) is 15.7. The molecule has 1 aromatic heterocycles. The van der Waals surface area contributed by atoms with Gasteiger partial charge in [-0.1, -0.05) is 55.7 Å². The molecule has 1 saturated carbocycles. The third-order valence-corrected chi connectivity index (χ3v) is 6.43. The SMILES string of the molecule is O=C1CC(C2CCCCC2)c2cn(Cc3ccccc3)c3cccc(c23)N1. The Morgan fingerprint density at radius 2 is 1.78 bits per heavy atom. The van der Waals surface area contributed by atoms with Crippen LogP contribution in [-0.2, 0) is 11.3 Å². The van der Waals surface area contributed by atoms with Crippen molar-refractivity contribution in [3.05, 3.63) is 65.9 Å². The lowest BCUT2D eigenvalue weighted by atomic mass is 9.75. The molecule has 0 spiro atoms. The topological polar surface area (TPSA) is 34.0 Å². The Balaban J connectivity index is 1.63. The Hall–Kier alpha value is -2.55. The fourth-order valence-electron chi connectivity index (χ4n) is 5.15. The van der Waals surface area contributed by atoms with Gasteiger partial charge >= 0.3 is 0 Å². The van der Waals surface area contributed by atoms with E-state index in [1.807, 2.05) is 0 Å². The lowest BCUT2D eigenvalue weighted by Crippen LogP contribution is -2.20. The number of aromatic nitrogens is 1. The maximum atomic E-state index is 12.6. The van der Waals surface area contributed by atoms with Crippen molar-refractivity contribution >= 4 is 22.5 Å². The molecule has 138 valence electrons. The van der Waals surface area contributed by atoms with Gasteiger partial charge in [-0.3, -0.25) is 4.79 Å². The highest BCUT2D eigenvalue weighted by Crippen LogP contribution is 2.45. The maximum Gasteiger partial charge on any atom is 0.225 e. The quantitative estimate of drug-likeness (QED) is 0.640. The maximum absolute atomic E-state index is 12.6. The van der Waals surface area contributed by atoms with E-state index in [0.29, 0.717) is 18.3 Å². The van der Waals surface area contributed by atoms with Crippen molar-refractivity contribution in [1.29, 1.82) is 0 Å². The number of benzene rings is 2. The second kappa shape index (κ2) is 6.88. The van der Waals surface area contributed by atoms with Gasteiger partial charge in [-0.05, 0) is 47.9 Å². The van der Waals surface area contributed by atoms with Crippen molar-refractivity contribution in [2.45, 2.75) is 51.0 Å². The molecule has 1 atom stereocenters. The molecule has 1 aliphatic carbocycles. The average molecular weight is 358 g/mol. The van der Waals surface area contributed by atoms with E-state index in [-0.39, 0.29) is 5.91 Å². The third-order valence-electron chi connectivity index (χ3n) is 6.43. The van der Waals surface area contributed by atoms with Gasteiger partial charge in [-0.25, -0.2) is 0 Å². The highest BCUT2D eigenvalue weighted by atomic mass is 16.1. The van der Waals surface area contributed by atoms with Crippen LogP contribution in [0, 0.1) is 5.92 Å². The van der Waals surface area contributed by atoms with Gasteiger partial charge in [0.1, 0.15) is 0 Å². The van der Waals surface area contributed by atoms with Crippen LogP contribution in [0.4, 0.5) is 5.69 Å². The van der Waals surface area contributed by atoms with Crippen LogP contribution in [-0.4, -0.2) is 10.5 Å². The molecule has 0 radical (unpaired) electrons. The Morgan fingerprint density at radius 1 is 0.963 bits per heavy atom. The number of rotatable bonds is 3. The lowest BCUT2D eigenvalue weighted by molar-refractivity contribution is -0.116. The molecule has 3 nitrogen and oxygen atoms in total. The molecular formula is C24H26N2O. The van der Waals surface area contributed by atoms with Crippen LogP contribution in [0.25, 0.3) is 10.9 Å². The van der Waals surface area contributed by atoms with Gasteiger partial charge in [-0.15, -0.1) is 0 Å². The van der Waals surface area contributed by atoms with E-state index in [9.17, 15) is 4.79 Å². The summed E-state index contributed by atoms with van der Waals surface area (Å²) in [5.41, 5.74) is 4.90. The minimum absolute atomic E-state index is 0.170. The number of nitrogens with zero attached hydrogens (tertiary/aromatic N) is 1. The van der Waals surface area contributed by atoms with Crippen LogP contribution in [0.2, 0.25) is 0 Å². The molecule has 2 aliphatic rings. The number of anilines is 1. The summed E-state index contributed by atoms with van der Waals surface area (Å²) in [5, 5.41) is 4.44. The van der Waals surface area contributed by atoms with Crippen LogP contribution < -0.4 is 5.32 Å². The smallest absolute Gasteiger partial charge is 0.225 e. The standard InChI is InChI=1S/C24H26N2O/c27-23-14-19(18-10-5-2-6-11-18)20-16-26(15-17-8-3-1-4-9-17)22-13-7-12-21(25-23)24(20)22/h1,3-4,7-9,12-13,16,18-19H,2,5-6,10-11,14-15H2,(H,25,27). The molecule has 2 heterocycles. The van der Waals surface area contributed by atoms with Gasteiger partial charge < -0.3 is 9.88 Å². The monoisotopic (exact) mass is 358 g/mol. The minimum atomic E-state index is 0.170. The van der Waals surface area contributed by atoms with Gasteiger partial charge in [-0.2, -0.15) is 0 Å². The number of carbonyl (C=O) groups is 1. The summed E-state index contributed by atoms with van der Waals surface area (Å²) < 4.78 is 2.37. The van der Waals surface area contributed by atoms with Crippen LogP contribution in [0.5, 0.6) is 0 Å². The Morgan fingerprint density at radius 3 is 2.59 bits per heavy atom. The van der Waals surface area contributed by atoms with Crippen LogP contribution in [0.3, 0.4) is 0 Å². The van der Waals surface area contributed by atoms with E-state index in [0.717, 1.165) is 12.2 Å². The molecule has 1 unspecified atom stereocenters. The first-order valence-corrected chi connectivity index (χ1v) is 10.2.